The monoisotopic (exact) mass is 170 g/mol. The summed E-state index contributed by atoms with van der Waals surface area (Å²) in [5.41, 5.74) is 0.350. The van der Waals surface area contributed by atoms with Crippen LogP contribution in [0.1, 0.15) is 47.5 Å². The summed E-state index contributed by atoms with van der Waals surface area (Å²) in [6, 6.07) is 0. The maximum Gasteiger partial charge on any atom is 0.120 e. The van der Waals surface area contributed by atoms with E-state index >= 15 is 0 Å². The number of hydrogen-bond acceptors (Lipinski definition) is 1. The average molecular weight is 170 g/mol. The predicted molar refractivity (Wildman–Crippen MR) is 53.1 cm³/mol. The molecule has 0 aliphatic carbocycles. The van der Waals surface area contributed by atoms with Crippen molar-refractivity contribution in [2.45, 2.75) is 47.5 Å². The molecule has 0 fully saturated rings. The van der Waals surface area contributed by atoms with Crippen molar-refractivity contribution >= 4 is 6.29 Å². The Kier molecular flexibility index (Phi) is 4.51. The average Bonchev–Trinajstić information content (AvgIpc) is 1.99. The summed E-state index contributed by atoms with van der Waals surface area (Å²) in [6.45, 7) is 11.3. The molecule has 0 bridgehead atoms. The molecule has 0 radical (unpaired) electrons. The molecule has 0 spiro atoms. The van der Waals surface area contributed by atoms with Gasteiger partial charge in [-0.25, -0.2) is 0 Å². The van der Waals surface area contributed by atoms with Crippen molar-refractivity contribution in [3.8, 4) is 0 Å². The van der Waals surface area contributed by atoms with Gasteiger partial charge in [-0.15, -0.1) is 0 Å². The molecule has 0 rings (SSSR count). The summed E-state index contributed by atoms with van der Waals surface area (Å²) < 4.78 is 0. The predicted octanol–water partition coefficient (Wildman–Crippen LogP) is 3.28. The molecule has 1 heteroatoms. The van der Waals surface area contributed by atoms with Gasteiger partial charge in [0.2, 0.25) is 0 Å². The molecule has 72 valence electrons. The molecule has 0 heterocycles. The lowest BCUT2D eigenvalue weighted by atomic mass is 9.70. The lowest BCUT2D eigenvalue weighted by Crippen LogP contribution is -2.27. The van der Waals surface area contributed by atoms with Crippen LogP contribution in [-0.2, 0) is 4.79 Å². The molecular formula is C11H22O. The van der Waals surface area contributed by atoms with Crippen LogP contribution in [0.2, 0.25) is 0 Å². The Balaban J connectivity index is 4.05. The smallest absolute Gasteiger partial charge is 0.120 e. The van der Waals surface area contributed by atoms with Crippen molar-refractivity contribution in [1.29, 1.82) is 0 Å². The zero-order valence-electron chi connectivity index (χ0n) is 9.05. The molecule has 0 aromatic carbocycles. The molecule has 0 aliphatic rings. The van der Waals surface area contributed by atoms with E-state index in [1.165, 1.54) is 0 Å². The summed E-state index contributed by atoms with van der Waals surface area (Å²) in [5, 5.41) is 0. The third-order valence-electron chi connectivity index (χ3n) is 3.48. The van der Waals surface area contributed by atoms with Gasteiger partial charge in [-0.05, 0) is 23.7 Å². The van der Waals surface area contributed by atoms with E-state index in [1.54, 1.807) is 0 Å². The standard InChI is InChI=1S/C11H22O/c1-9(2)11(4,5)10(3)7-6-8-12/h8-10H,6-7H2,1-5H3. The minimum absolute atomic E-state index is 0.350. The highest BCUT2D eigenvalue weighted by molar-refractivity contribution is 5.49. The molecule has 0 saturated carbocycles. The highest BCUT2D eigenvalue weighted by atomic mass is 16.1. The topological polar surface area (TPSA) is 17.1 Å². The third kappa shape index (κ3) is 2.96. The second-order valence-corrected chi connectivity index (χ2v) is 4.62. The van der Waals surface area contributed by atoms with Crippen molar-refractivity contribution < 1.29 is 4.79 Å². The van der Waals surface area contributed by atoms with Crippen LogP contribution in [0.3, 0.4) is 0 Å². The van der Waals surface area contributed by atoms with Crippen molar-refractivity contribution in [3.63, 3.8) is 0 Å². The summed E-state index contributed by atoms with van der Waals surface area (Å²) >= 11 is 0. The summed E-state index contributed by atoms with van der Waals surface area (Å²) in [4.78, 5) is 10.2. The molecule has 0 N–H and O–H groups in total. The van der Waals surface area contributed by atoms with Crippen LogP contribution in [0.5, 0.6) is 0 Å². The molecule has 1 unspecified atom stereocenters. The Labute approximate surface area is 76.6 Å². The van der Waals surface area contributed by atoms with Gasteiger partial charge >= 0.3 is 0 Å². The van der Waals surface area contributed by atoms with E-state index in [-0.39, 0.29) is 0 Å². The van der Waals surface area contributed by atoms with Gasteiger partial charge in [0, 0.05) is 6.42 Å². The first kappa shape index (κ1) is 11.7. The lowest BCUT2D eigenvalue weighted by molar-refractivity contribution is -0.108. The summed E-state index contributed by atoms with van der Waals surface area (Å²) in [7, 11) is 0. The Morgan fingerprint density at radius 1 is 1.25 bits per heavy atom. The second kappa shape index (κ2) is 4.64. The SMILES string of the molecule is CC(C)C(C)(C)C(C)CCC=O. The zero-order chi connectivity index (χ0) is 9.78. The summed E-state index contributed by atoms with van der Waals surface area (Å²) in [5.74, 6) is 1.31. The largest absolute Gasteiger partial charge is 0.303 e. The first-order chi connectivity index (χ1) is 5.42. The van der Waals surface area contributed by atoms with Gasteiger partial charge in [-0.3, -0.25) is 0 Å². The lowest BCUT2D eigenvalue weighted by Gasteiger charge is -2.35. The molecule has 0 saturated heterocycles. The van der Waals surface area contributed by atoms with Gasteiger partial charge in [-0.1, -0.05) is 34.6 Å². The zero-order valence-corrected chi connectivity index (χ0v) is 9.05. The van der Waals surface area contributed by atoms with E-state index in [0.717, 1.165) is 12.7 Å². The molecular weight excluding hydrogens is 148 g/mol. The minimum Gasteiger partial charge on any atom is -0.303 e. The van der Waals surface area contributed by atoms with E-state index in [0.29, 0.717) is 23.7 Å². The Bertz CT molecular complexity index is 136. The van der Waals surface area contributed by atoms with Gasteiger partial charge < -0.3 is 4.79 Å². The Morgan fingerprint density at radius 2 is 1.75 bits per heavy atom. The summed E-state index contributed by atoms with van der Waals surface area (Å²) in [6.07, 6.45) is 2.75. The van der Waals surface area contributed by atoms with E-state index in [4.69, 9.17) is 0 Å². The third-order valence-corrected chi connectivity index (χ3v) is 3.48. The number of carbonyl (C=O) groups excluding carboxylic acids is 1. The van der Waals surface area contributed by atoms with Crippen LogP contribution in [0.4, 0.5) is 0 Å². The van der Waals surface area contributed by atoms with Gasteiger partial charge in [-0.2, -0.15) is 0 Å². The molecule has 1 atom stereocenters. The fourth-order valence-electron chi connectivity index (χ4n) is 1.26. The number of carbonyl (C=O) groups is 1. The van der Waals surface area contributed by atoms with Crippen molar-refractivity contribution in [1.82, 2.24) is 0 Å². The molecule has 0 aromatic heterocycles. The van der Waals surface area contributed by atoms with Crippen LogP contribution < -0.4 is 0 Å². The van der Waals surface area contributed by atoms with E-state index in [9.17, 15) is 4.79 Å². The highest BCUT2D eigenvalue weighted by Gasteiger charge is 2.28. The highest BCUT2D eigenvalue weighted by Crippen LogP contribution is 2.36. The molecule has 0 amide bonds. The Hall–Kier alpha value is -0.330. The fraction of sp³-hybridized carbons (Fsp3) is 0.909. The van der Waals surface area contributed by atoms with Gasteiger partial charge in [0.25, 0.3) is 0 Å². The molecule has 1 nitrogen and oxygen atoms in total. The van der Waals surface area contributed by atoms with Crippen molar-refractivity contribution in [2.24, 2.45) is 17.3 Å². The van der Waals surface area contributed by atoms with Crippen LogP contribution in [0, 0.1) is 17.3 Å². The van der Waals surface area contributed by atoms with Crippen LogP contribution >= 0.6 is 0 Å². The maximum absolute atomic E-state index is 10.2. The first-order valence-electron chi connectivity index (χ1n) is 4.86. The van der Waals surface area contributed by atoms with Gasteiger partial charge in [0.1, 0.15) is 6.29 Å². The minimum atomic E-state index is 0.350. The number of hydrogen-bond donors (Lipinski definition) is 0. The fourth-order valence-corrected chi connectivity index (χ4v) is 1.26. The van der Waals surface area contributed by atoms with Gasteiger partial charge in [0.05, 0.1) is 0 Å². The molecule has 0 aliphatic heterocycles. The normalized spacial score (nSPS) is 14.8. The number of aldehydes is 1. The first-order valence-corrected chi connectivity index (χ1v) is 4.86. The van der Waals surface area contributed by atoms with Crippen LogP contribution in [0.15, 0.2) is 0 Å². The number of rotatable bonds is 5. The van der Waals surface area contributed by atoms with E-state index < -0.39 is 0 Å². The van der Waals surface area contributed by atoms with Crippen LogP contribution in [-0.4, -0.2) is 6.29 Å². The van der Waals surface area contributed by atoms with Crippen LogP contribution in [0.25, 0.3) is 0 Å². The second-order valence-electron chi connectivity index (χ2n) is 4.62. The molecule has 0 aromatic rings. The van der Waals surface area contributed by atoms with E-state index in [1.807, 2.05) is 0 Å². The Morgan fingerprint density at radius 3 is 2.08 bits per heavy atom. The maximum atomic E-state index is 10.2. The van der Waals surface area contributed by atoms with Crippen molar-refractivity contribution in [3.05, 3.63) is 0 Å². The van der Waals surface area contributed by atoms with E-state index in [2.05, 4.69) is 34.6 Å². The van der Waals surface area contributed by atoms with Crippen molar-refractivity contribution in [2.75, 3.05) is 0 Å². The quantitative estimate of drug-likeness (QED) is 0.579. The van der Waals surface area contributed by atoms with Gasteiger partial charge in [0.15, 0.2) is 0 Å². The molecule has 12 heavy (non-hydrogen) atoms.